The highest BCUT2D eigenvalue weighted by atomic mass is 16.1. The molecule has 0 bridgehead atoms. The lowest BCUT2D eigenvalue weighted by Crippen LogP contribution is -2.10. The zero-order valence-electron chi connectivity index (χ0n) is 11.7. The molecule has 0 amide bonds. The second-order valence-electron chi connectivity index (χ2n) is 5.47. The molecule has 3 nitrogen and oxygen atoms in total. The molecule has 0 aliphatic carbocycles. The van der Waals surface area contributed by atoms with Gasteiger partial charge in [0.05, 0.1) is 16.8 Å². The molecule has 3 heteroatoms. The molecule has 0 aliphatic rings. The maximum absolute atomic E-state index is 12.4. The van der Waals surface area contributed by atoms with Gasteiger partial charge < -0.3 is 0 Å². The third-order valence-corrected chi connectivity index (χ3v) is 3.12. The summed E-state index contributed by atoms with van der Waals surface area (Å²) in [6, 6.07) is 4.02. The predicted molar refractivity (Wildman–Crippen MR) is 73.2 cm³/mol. The molecular weight excluding hydrogens is 224 g/mol. The largest absolute Gasteiger partial charge is 0.294 e. The molecule has 0 atom stereocenters. The average molecular weight is 244 g/mol. The topological polar surface area (TPSA) is 34.4 Å². The van der Waals surface area contributed by atoms with Crippen molar-refractivity contribution in [2.75, 3.05) is 0 Å². The summed E-state index contributed by atoms with van der Waals surface area (Å²) >= 11 is 0. The third-order valence-electron chi connectivity index (χ3n) is 3.12. The summed E-state index contributed by atoms with van der Waals surface area (Å²) in [5.74, 6) is 0.428. The van der Waals surface area contributed by atoms with E-state index < -0.39 is 0 Å². The number of pyridine rings is 1. The van der Waals surface area contributed by atoms with Crippen LogP contribution in [0.25, 0.3) is 5.52 Å². The smallest absolute Gasteiger partial charge is 0.169 e. The second kappa shape index (κ2) is 4.56. The second-order valence-corrected chi connectivity index (χ2v) is 5.47. The van der Waals surface area contributed by atoms with Gasteiger partial charge in [0, 0.05) is 12.1 Å². The Morgan fingerprint density at radius 1 is 1.22 bits per heavy atom. The first kappa shape index (κ1) is 12.8. The average Bonchev–Trinajstić information content (AvgIpc) is 2.66. The minimum atomic E-state index is -0.00296. The van der Waals surface area contributed by atoms with Crippen LogP contribution in [0.3, 0.4) is 0 Å². The van der Waals surface area contributed by atoms with Crippen molar-refractivity contribution in [3.8, 4) is 0 Å². The van der Waals surface area contributed by atoms with E-state index >= 15 is 0 Å². The predicted octanol–water partition coefficient (Wildman–Crippen LogP) is 3.60. The molecule has 0 radical (unpaired) electrons. The number of fused-ring (bicyclic) bond motifs is 1. The van der Waals surface area contributed by atoms with E-state index in [9.17, 15) is 4.79 Å². The monoisotopic (exact) mass is 244 g/mol. The first-order valence-electron chi connectivity index (χ1n) is 6.45. The van der Waals surface area contributed by atoms with Crippen LogP contribution in [0.2, 0.25) is 0 Å². The first-order valence-corrected chi connectivity index (χ1v) is 6.45. The van der Waals surface area contributed by atoms with E-state index in [4.69, 9.17) is 0 Å². The van der Waals surface area contributed by atoms with Crippen LogP contribution in [-0.4, -0.2) is 15.4 Å². The van der Waals surface area contributed by atoms with Crippen LogP contribution < -0.4 is 0 Å². The van der Waals surface area contributed by atoms with Crippen molar-refractivity contribution < 1.29 is 4.79 Å². The molecule has 0 N–H and O–H groups in total. The van der Waals surface area contributed by atoms with Gasteiger partial charge in [-0.3, -0.25) is 4.79 Å². The number of carbonyl (C=O) groups excluding carboxylic acids is 1. The van der Waals surface area contributed by atoms with Crippen LogP contribution in [0.1, 0.15) is 55.2 Å². The van der Waals surface area contributed by atoms with E-state index in [1.165, 1.54) is 0 Å². The highest BCUT2D eigenvalue weighted by Gasteiger charge is 2.23. The normalized spacial score (nSPS) is 11.7. The quantitative estimate of drug-likeness (QED) is 0.773. The Morgan fingerprint density at radius 3 is 2.44 bits per heavy atom. The molecule has 2 aromatic heterocycles. The van der Waals surface area contributed by atoms with E-state index in [0.717, 1.165) is 22.3 Å². The third kappa shape index (κ3) is 2.05. The first-order chi connectivity index (χ1) is 8.41. The maximum Gasteiger partial charge on any atom is 0.169 e. The molecule has 0 unspecified atom stereocenters. The van der Waals surface area contributed by atoms with Gasteiger partial charge in [-0.1, -0.05) is 33.8 Å². The van der Waals surface area contributed by atoms with Gasteiger partial charge in [-0.25, -0.2) is 4.52 Å². The number of carbonyl (C=O) groups is 1. The van der Waals surface area contributed by atoms with E-state index in [-0.39, 0.29) is 17.6 Å². The van der Waals surface area contributed by atoms with Crippen LogP contribution in [-0.2, 0) is 0 Å². The molecule has 0 aromatic carbocycles. The molecule has 0 aliphatic heterocycles. The highest BCUT2D eigenvalue weighted by Crippen LogP contribution is 2.25. The number of hydrogen-bond donors (Lipinski definition) is 0. The number of ketones is 1. The number of rotatable bonds is 3. The fourth-order valence-electron chi connectivity index (χ4n) is 2.12. The molecule has 18 heavy (non-hydrogen) atoms. The number of Topliss-reactive ketones (excluding diaryl/α,β-unsaturated/α-hetero) is 1. The Labute approximate surface area is 108 Å². The Balaban J connectivity index is 2.74. The molecular formula is C15H20N2O. The molecule has 0 spiro atoms. The molecule has 0 fully saturated rings. The lowest BCUT2D eigenvalue weighted by molar-refractivity contribution is 0.0939. The summed E-state index contributed by atoms with van der Waals surface area (Å²) < 4.78 is 1.83. The SMILES string of the molecule is Cc1ccc2c(C(=O)C(C)C)c(C(C)C)nn2c1. The van der Waals surface area contributed by atoms with Gasteiger partial charge in [-0.15, -0.1) is 0 Å². The van der Waals surface area contributed by atoms with Crippen molar-refractivity contribution in [2.24, 2.45) is 5.92 Å². The van der Waals surface area contributed by atoms with Gasteiger partial charge in [0.1, 0.15) is 0 Å². The Morgan fingerprint density at radius 2 is 1.89 bits per heavy atom. The molecule has 0 saturated carbocycles. The zero-order chi connectivity index (χ0) is 13.4. The van der Waals surface area contributed by atoms with Crippen molar-refractivity contribution in [1.82, 2.24) is 9.61 Å². The van der Waals surface area contributed by atoms with Gasteiger partial charge in [-0.2, -0.15) is 5.10 Å². The van der Waals surface area contributed by atoms with Crippen LogP contribution in [0.4, 0.5) is 0 Å². The number of hydrogen-bond acceptors (Lipinski definition) is 2. The van der Waals surface area contributed by atoms with Crippen LogP contribution >= 0.6 is 0 Å². The van der Waals surface area contributed by atoms with Crippen molar-refractivity contribution in [2.45, 2.75) is 40.5 Å². The molecule has 2 aromatic rings. The summed E-state index contributed by atoms with van der Waals surface area (Å²) in [6.45, 7) is 10.0. The van der Waals surface area contributed by atoms with Crippen molar-refractivity contribution in [3.05, 3.63) is 35.2 Å². The minimum Gasteiger partial charge on any atom is -0.294 e. The minimum absolute atomic E-state index is 0.00296. The molecule has 2 heterocycles. The van der Waals surface area contributed by atoms with Gasteiger partial charge in [0.25, 0.3) is 0 Å². The lowest BCUT2D eigenvalue weighted by Gasteiger charge is -2.07. The van der Waals surface area contributed by atoms with Crippen LogP contribution in [0.5, 0.6) is 0 Å². The number of aromatic nitrogens is 2. The maximum atomic E-state index is 12.4. The summed E-state index contributed by atoms with van der Waals surface area (Å²) in [6.07, 6.45) is 1.97. The van der Waals surface area contributed by atoms with Gasteiger partial charge in [0.2, 0.25) is 0 Å². The zero-order valence-corrected chi connectivity index (χ0v) is 11.7. The van der Waals surface area contributed by atoms with Gasteiger partial charge >= 0.3 is 0 Å². The standard InChI is InChI=1S/C15H20N2O/c1-9(2)14-13(15(18)10(3)4)12-7-6-11(5)8-17(12)16-14/h6-10H,1-5H3. The number of aryl methyl sites for hydroxylation is 1. The summed E-state index contributed by atoms with van der Waals surface area (Å²) in [7, 11) is 0. The summed E-state index contributed by atoms with van der Waals surface area (Å²) in [5.41, 5.74) is 3.76. The fourth-order valence-corrected chi connectivity index (χ4v) is 2.12. The Bertz CT molecular complexity index is 594. The molecule has 0 saturated heterocycles. The lowest BCUT2D eigenvalue weighted by atomic mass is 9.95. The fraction of sp³-hybridized carbons (Fsp3) is 0.467. The Hall–Kier alpha value is -1.64. The van der Waals surface area contributed by atoms with Crippen molar-refractivity contribution in [1.29, 1.82) is 0 Å². The van der Waals surface area contributed by atoms with E-state index in [0.29, 0.717) is 0 Å². The van der Waals surface area contributed by atoms with Crippen molar-refractivity contribution in [3.63, 3.8) is 0 Å². The molecule has 96 valence electrons. The van der Waals surface area contributed by atoms with Gasteiger partial charge in [0.15, 0.2) is 5.78 Å². The summed E-state index contributed by atoms with van der Waals surface area (Å²) in [4.78, 5) is 12.4. The molecule has 2 rings (SSSR count). The van der Waals surface area contributed by atoms with Gasteiger partial charge in [-0.05, 0) is 24.5 Å². The van der Waals surface area contributed by atoms with E-state index in [1.807, 2.05) is 43.6 Å². The van der Waals surface area contributed by atoms with E-state index in [2.05, 4.69) is 18.9 Å². The van der Waals surface area contributed by atoms with Crippen LogP contribution in [0, 0.1) is 12.8 Å². The van der Waals surface area contributed by atoms with Crippen LogP contribution in [0.15, 0.2) is 18.3 Å². The highest BCUT2D eigenvalue weighted by molar-refractivity contribution is 6.04. The number of nitrogens with zero attached hydrogens (tertiary/aromatic N) is 2. The van der Waals surface area contributed by atoms with Crippen molar-refractivity contribution >= 4 is 11.3 Å². The Kier molecular flexibility index (Phi) is 3.24. The van der Waals surface area contributed by atoms with E-state index in [1.54, 1.807) is 0 Å². The summed E-state index contributed by atoms with van der Waals surface area (Å²) in [5, 5.41) is 4.57.